The highest BCUT2D eigenvalue weighted by atomic mass is 16.4. The molecule has 1 aliphatic carbocycles. The zero-order valence-corrected chi connectivity index (χ0v) is 28.7. The average molecular weight is 719 g/mol. The quantitative estimate of drug-likeness (QED) is 0.0972. The smallest absolute Gasteiger partial charge is 0.317 e. The molecule has 0 bridgehead atoms. The van der Waals surface area contributed by atoms with Gasteiger partial charge in [-0.2, -0.15) is 0 Å². The number of carboxylic acid groups (broad SMARTS) is 5. The summed E-state index contributed by atoms with van der Waals surface area (Å²) in [4.78, 5) is 89.7. The molecule has 0 unspecified atom stereocenters. The van der Waals surface area contributed by atoms with Crippen LogP contribution in [0.15, 0.2) is 29.1 Å². The highest BCUT2D eigenvalue weighted by molar-refractivity contribution is 5.95. The van der Waals surface area contributed by atoms with Crippen LogP contribution in [-0.2, 0) is 35.8 Å². The van der Waals surface area contributed by atoms with Crippen molar-refractivity contribution in [2.75, 3.05) is 70.8 Å². The van der Waals surface area contributed by atoms with Crippen molar-refractivity contribution in [2.24, 2.45) is 7.05 Å². The number of carbonyl (C=O) groups excluding carboxylic acids is 1. The predicted octanol–water partition coefficient (Wildman–Crippen LogP) is -0.272. The van der Waals surface area contributed by atoms with Crippen LogP contribution in [0.3, 0.4) is 0 Å². The largest absolute Gasteiger partial charge is 0.480 e. The summed E-state index contributed by atoms with van der Waals surface area (Å²) in [6, 6.07) is 5.72. The summed E-state index contributed by atoms with van der Waals surface area (Å²) >= 11 is 0. The number of aryl methyl sites for hydroxylation is 2. The van der Waals surface area contributed by atoms with Crippen molar-refractivity contribution in [3.63, 3.8) is 0 Å². The van der Waals surface area contributed by atoms with E-state index < -0.39 is 80.6 Å². The van der Waals surface area contributed by atoms with Crippen molar-refractivity contribution in [3.05, 3.63) is 40.2 Å². The van der Waals surface area contributed by atoms with E-state index >= 15 is 0 Å². The fourth-order valence-electron chi connectivity index (χ4n) is 6.66. The van der Waals surface area contributed by atoms with E-state index in [2.05, 4.69) is 5.32 Å². The topological polar surface area (TPSA) is 251 Å². The van der Waals surface area contributed by atoms with Crippen LogP contribution in [0.25, 0.3) is 10.9 Å². The van der Waals surface area contributed by atoms with Crippen LogP contribution < -0.4 is 10.9 Å². The summed E-state index contributed by atoms with van der Waals surface area (Å²) in [5.74, 6) is -6.59. The molecule has 2 aromatic rings. The van der Waals surface area contributed by atoms with Crippen LogP contribution in [0.5, 0.6) is 0 Å². The second kappa shape index (κ2) is 18.9. The predicted molar refractivity (Wildman–Crippen MR) is 183 cm³/mol. The molecule has 1 saturated carbocycles. The van der Waals surface area contributed by atoms with Gasteiger partial charge in [0, 0.05) is 62.5 Å². The Morgan fingerprint density at radius 3 is 1.59 bits per heavy atom. The van der Waals surface area contributed by atoms with Crippen molar-refractivity contribution in [1.82, 2.24) is 24.2 Å². The summed E-state index contributed by atoms with van der Waals surface area (Å²) in [6.07, 6.45) is 2.44. The first-order valence-electron chi connectivity index (χ1n) is 16.5. The number of fused-ring (bicyclic) bond motifs is 1. The monoisotopic (exact) mass is 718 g/mol. The minimum Gasteiger partial charge on any atom is -0.480 e. The Bertz CT molecular complexity index is 1630. The number of rotatable bonds is 21. The Kier molecular flexibility index (Phi) is 15.0. The molecule has 3 rings (SSSR count). The molecule has 18 heteroatoms. The minimum absolute atomic E-state index is 0.00738. The SMILES string of the molecule is Cc1cc(=O)n(C)c2cc(NC(=O)CN(CCN(CC(=O)O)CC(=O)O)[C@H]3CCCC[C@@H]3N(CCN(CC(=O)O)CC(=O)O)CC(=O)O)ccc12. The standard InChI is InChI=1S/C33H46N6O12/c1-21-13-28(41)35(2)26-14-22(7-8-23(21)26)34-27(40)15-38(11-9-36(16-29(42)43)17-30(44)45)24-5-3-4-6-25(24)39(20-33(50)51)12-10-37(18-31(46)47)19-32(48)49/h7-8,13-14,24-25H,3-6,9-12,15-20H2,1-2H3,(H,34,40)(H,42,43)(H,44,45)(H,46,47)(H,48,49)(H,50,51)/t24-,25-/m0/s1. The van der Waals surface area contributed by atoms with Crippen molar-refractivity contribution in [1.29, 1.82) is 0 Å². The number of amides is 1. The molecule has 2 atom stereocenters. The number of anilines is 1. The molecular formula is C33H46N6O12. The van der Waals surface area contributed by atoms with Crippen LogP contribution in [0.1, 0.15) is 31.2 Å². The number of carbonyl (C=O) groups is 6. The Balaban J connectivity index is 1.93. The van der Waals surface area contributed by atoms with Gasteiger partial charge in [-0.25, -0.2) is 0 Å². The lowest BCUT2D eigenvalue weighted by Crippen LogP contribution is -2.58. The number of benzene rings is 1. The van der Waals surface area contributed by atoms with Crippen molar-refractivity contribution in [3.8, 4) is 0 Å². The summed E-state index contributed by atoms with van der Waals surface area (Å²) < 4.78 is 1.46. The summed E-state index contributed by atoms with van der Waals surface area (Å²) in [5.41, 5.74) is 1.57. The van der Waals surface area contributed by atoms with E-state index in [1.54, 1.807) is 35.0 Å². The zero-order valence-electron chi connectivity index (χ0n) is 28.7. The third kappa shape index (κ3) is 12.7. The maximum Gasteiger partial charge on any atom is 0.317 e. The van der Waals surface area contributed by atoms with E-state index in [0.29, 0.717) is 30.5 Å². The zero-order chi connectivity index (χ0) is 37.8. The average Bonchev–Trinajstić information content (AvgIpc) is 3.02. The molecule has 0 spiro atoms. The van der Waals surface area contributed by atoms with E-state index in [0.717, 1.165) is 17.4 Å². The highest BCUT2D eigenvalue weighted by Gasteiger charge is 2.36. The van der Waals surface area contributed by atoms with E-state index in [-0.39, 0.29) is 38.3 Å². The number of pyridine rings is 1. The Morgan fingerprint density at radius 1 is 0.686 bits per heavy atom. The van der Waals surface area contributed by atoms with Crippen LogP contribution in [0.4, 0.5) is 5.69 Å². The molecule has 1 amide bonds. The van der Waals surface area contributed by atoms with Crippen molar-refractivity contribution in [2.45, 2.75) is 44.7 Å². The molecule has 51 heavy (non-hydrogen) atoms. The van der Waals surface area contributed by atoms with Gasteiger partial charge in [-0.15, -0.1) is 0 Å². The molecule has 1 fully saturated rings. The first kappa shape index (κ1) is 40.5. The summed E-state index contributed by atoms with van der Waals surface area (Å²) in [7, 11) is 1.62. The van der Waals surface area contributed by atoms with E-state index in [1.807, 2.05) is 6.92 Å². The lowest BCUT2D eigenvalue weighted by atomic mass is 9.87. The number of aliphatic carboxylic acids is 5. The molecule has 1 aliphatic rings. The molecular weight excluding hydrogens is 672 g/mol. The van der Waals surface area contributed by atoms with Gasteiger partial charge in [-0.1, -0.05) is 18.9 Å². The number of aromatic nitrogens is 1. The maximum atomic E-state index is 13.6. The van der Waals surface area contributed by atoms with Crippen LogP contribution in [-0.4, -0.2) is 163 Å². The molecule has 0 radical (unpaired) electrons. The van der Waals surface area contributed by atoms with Crippen LogP contribution >= 0.6 is 0 Å². The number of hydrogen-bond acceptors (Lipinski definition) is 11. The fourth-order valence-corrected chi connectivity index (χ4v) is 6.66. The second-order valence-corrected chi connectivity index (χ2v) is 12.8. The van der Waals surface area contributed by atoms with Crippen molar-refractivity contribution < 1.29 is 54.3 Å². The van der Waals surface area contributed by atoms with Gasteiger partial charge < -0.3 is 35.4 Å². The molecule has 280 valence electrons. The molecule has 1 heterocycles. The van der Waals surface area contributed by atoms with Gasteiger partial charge in [0.05, 0.1) is 44.8 Å². The molecule has 1 aromatic heterocycles. The Morgan fingerprint density at radius 2 is 1.14 bits per heavy atom. The van der Waals surface area contributed by atoms with Gasteiger partial charge in [0.15, 0.2) is 0 Å². The lowest BCUT2D eigenvalue weighted by Gasteiger charge is -2.45. The van der Waals surface area contributed by atoms with Gasteiger partial charge in [0.25, 0.3) is 5.56 Å². The third-order valence-corrected chi connectivity index (χ3v) is 8.90. The number of nitrogens with zero attached hydrogens (tertiary/aromatic N) is 5. The minimum atomic E-state index is -1.25. The Labute approximate surface area is 293 Å². The molecule has 1 aromatic carbocycles. The normalized spacial score (nSPS) is 16.2. The molecule has 18 nitrogen and oxygen atoms in total. The van der Waals surface area contributed by atoms with Crippen LogP contribution in [0, 0.1) is 6.92 Å². The Hall–Kier alpha value is -4.91. The molecule has 6 N–H and O–H groups in total. The molecule has 0 saturated heterocycles. The third-order valence-electron chi connectivity index (χ3n) is 8.90. The lowest BCUT2D eigenvalue weighted by molar-refractivity contribution is -0.144. The van der Waals surface area contributed by atoms with E-state index in [1.165, 1.54) is 20.4 Å². The van der Waals surface area contributed by atoms with Gasteiger partial charge >= 0.3 is 29.8 Å². The van der Waals surface area contributed by atoms with Gasteiger partial charge in [-0.05, 0) is 37.5 Å². The first-order valence-corrected chi connectivity index (χ1v) is 16.5. The van der Waals surface area contributed by atoms with Gasteiger partial charge in [0.1, 0.15) is 0 Å². The van der Waals surface area contributed by atoms with Crippen molar-refractivity contribution >= 4 is 52.3 Å². The van der Waals surface area contributed by atoms with E-state index in [4.69, 9.17) is 0 Å². The summed E-state index contributed by atoms with van der Waals surface area (Å²) in [5, 5.41) is 50.8. The number of nitrogens with one attached hydrogen (secondary N) is 1. The second-order valence-electron chi connectivity index (χ2n) is 12.8. The van der Waals surface area contributed by atoms with Crippen LogP contribution in [0.2, 0.25) is 0 Å². The highest BCUT2D eigenvalue weighted by Crippen LogP contribution is 2.28. The van der Waals surface area contributed by atoms with Gasteiger partial charge in [0.2, 0.25) is 5.91 Å². The maximum absolute atomic E-state index is 13.6. The summed E-state index contributed by atoms with van der Waals surface area (Å²) in [6.45, 7) is -1.20. The van der Waals surface area contributed by atoms with E-state index in [9.17, 15) is 59.1 Å². The fraction of sp³-hybridized carbons (Fsp3) is 0.545. The first-order chi connectivity index (χ1) is 24.0. The molecule has 0 aliphatic heterocycles. The number of hydrogen-bond donors (Lipinski definition) is 6. The van der Waals surface area contributed by atoms with Gasteiger partial charge in [-0.3, -0.25) is 53.2 Å². The number of carboxylic acids is 5.